The van der Waals surface area contributed by atoms with Gasteiger partial charge in [0.1, 0.15) is 17.5 Å². The largest absolute Gasteiger partial charge is 0.481 e. The summed E-state index contributed by atoms with van der Waals surface area (Å²) in [5.41, 5.74) is 2.08. The lowest BCUT2D eigenvalue weighted by atomic mass is 10.0. The van der Waals surface area contributed by atoms with Gasteiger partial charge in [0.2, 0.25) is 0 Å². The molecule has 1 aliphatic heterocycles. The van der Waals surface area contributed by atoms with Gasteiger partial charge in [0, 0.05) is 50.0 Å². The summed E-state index contributed by atoms with van der Waals surface area (Å²) in [5, 5.41) is 16.0. The molecular weight excluding hydrogens is 434 g/mol. The van der Waals surface area contributed by atoms with Crippen LogP contribution >= 0.6 is 0 Å². The van der Waals surface area contributed by atoms with Crippen LogP contribution < -0.4 is 20.3 Å². The molecular formula is C25H27N5O4. The average Bonchev–Trinajstić information content (AvgIpc) is 2.86. The van der Waals surface area contributed by atoms with Crippen LogP contribution in [0.25, 0.3) is 0 Å². The highest BCUT2D eigenvalue weighted by Crippen LogP contribution is 2.35. The molecule has 1 unspecified atom stereocenters. The van der Waals surface area contributed by atoms with Gasteiger partial charge in [0.05, 0.1) is 5.69 Å². The van der Waals surface area contributed by atoms with Gasteiger partial charge in [0.15, 0.2) is 6.61 Å². The molecule has 3 heterocycles. The number of hydrogen-bond donors (Lipinski definition) is 3. The Morgan fingerprint density at radius 2 is 2.03 bits per heavy atom. The second kappa shape index (κ2) is 11.1. The third-order valence-corrected chi connectivity index (χ3v) is 5.58. The summed E-state index contributed by atoms with van der Waals surface area (Å²) in [6.45, 7) is 1.54. The number of amides is 1. The molecule has 176 valence electrons. The number of nitrogens with one attached hydrogen (secondary N) is 2. The standard InChI is InChI=1S/C25H27N5O4/c31-24-17-34-22-14-19(29-16-20(25(32)33)18-6-5-10-26-15-18)8-9-21(22)30(24)13-4-3-12-28-23-7-1-2-11-27-23/h1-2,5-11,14-15,20,29H,3-4,12-13,16-17H2,(H,27,28)(H,32,33). The first-order valence-corrected chi connectivity index (χ1v) is 11.2. The number of carbonyl (C=O) groups is 2. The summed E-state index contributed by atoms with van der Waals surface area (Å²) < 4.78 is 5.65. The van der Waals surface area contributed by atoms with Crippen LogP contribution in [0, 0.1) is 0 Å². The molecule has 1 atom stereocenters. The number of pyridine rings is 2. The molecule has 9 heteroatoms. The third-order valence-electron chi connectivity index (χ3n) is 5.58. The fourth-order valence-corrected chi connectivity index (χ4v) is 3.79. The highest BCUT2D eigenvalue weighted by atomic mass is 16.5. The fraction of sp³-hybridized carbons (Fsp3) is 0.280. The summed E-state index contributed by atoms with van der Waals surface area (Å²) in [6, 6.07) is 14.7. The molecule has 3 aromatic rings. The van der Waals surface area contributed by atoms with Crippen molar-refractivity contribution in [3.63, 3.8) is 0 Å². The fourth-order valence-electron chi connectivity index (χ4n) is 3.79. The zero-order valence-corrected chi connectivity index (χ0v) is 18.7. The number of unbranched alkanes of at least 4 members (excludes halogenated alkanes) is 1. The number of aliphatic carboxylic acids is 1. The minimum atomic E-state index is -0.927. The second-order valence-electron chi connectivity index (χ2n) is 7.92. The van der Waals surface area contributed by atoms with Crippen molar-refractivity contribution < 1.29 is 19.4 Å². The van der Waals surface area contributed by atoms with E-state index in [4.69, 9.17) is 4.74 Å². The van der Waals surface area contributed by atoms with E-state index >= 15 is 0 Å². The lowest BCUT2D eigenvalue weighted by molar-refractivity contribution is -0.138. The van der Waals surface area contributed by atoms with Crippen molar-refractivity contribution in [2.24, 2.45) is 0 Å². The number of benzene rings is 1. The van der Waals surface area contributed by atoms with E-state index in [0.29, 0.717) is 17.9 Å². The molecule has 0 spiro atoms. The Hall–Kier alpha value is -4.14. The molecule has 0 radical (unpaired) electrons. The number of hydrogen-bond acceptors (Lipinski definition) is 7. The predicted molar refractivity (Wildman–Crippen MR) is 129 cm³/mol. The van der Waals surface area contributed by atoms with E-state index in [1.165, 1.54) is 0 Å². The Morgan fingerprint density at radius 1 is 1.12 bits per heavy atom. The minimum Gasteiger partial charge on any atom is -0.481 e. The number of carboxylic acids is 1. The number of ether oxygens (including phenoxy) is 1. The van der Waals surface area contributed by atoms with E-state index in [9.17, 15) is 14.7 Å². The van der Waals surface area contributed by atoms with Gasteiger partial charge in [0.25, 0.3) is 5.91 Å². The Balaban J connectivity index is 1.33. The monoisotopic (exact) mass is 461 g/mol. The minimum absolute atomic E-state index is 0.0178. The second-order valence-corrected chi connectivity index (χ2v) is 7.92. The van der Waals surface area contributed by atoms with Crippen LogP contribution in [0.1, 0.15) is 24.3 Å². The molecule has 0 saturated heterocycles. The first kappa shape index (κ1) is 23.0. The van der Waals surface area contributed by atoms with Crippen molar-refractivity contribution in [3.05, 3.63) is 72.7 Å². The van der Waals surface area contributed by atoms with Crippen molar-refractivity contribution in [1.82, 2.24) is 9.97 Å². The first-order chi connectivity index (χ1) is 16.6. The molecule has 2 aromatic heterocycles. The quantitative estimate of drug-likeness (QED) is 0.372. The summed E-state index contributed by atoms with van der Waals surface area (Å²) >= 11 is 0. The van der Waals surface area contributed by atoms with Crippen LogP contribution in [0.4, 0.5) is 17.2 Å². The topological polar surface area (TPSA) is 117 Å². The van der Waals surface area contributed by atoms with Gasteiger partial charge in [-0.2, -0.15) is 0 Å². The number of aromatic nitrogens is 2. The number of anilines is 3. The number of nitrogens with zero attached hydrogens (tertiary/aromatic N) is 3. The lowest BCUT2D eigenvalue weighted by Gasteiger charge is -2.30. The molecule has 3 N–H and O–H groups in total. The van der Waals surface area contributed by atoms with Crippen LogP contribution in [0.2, 0.25) is 0 Å². The summed E-state index contributed by atoms with van der Waals surface area (Å²) in [4.78, 5) is 34.2. The highest BCUT2D eigenvalue weighted by Gasteiger charge is 2.26. The lowest BCUT2D eigenvalue weighted by Crippen LogP contribution is -2.39. The number of carboxylic acid groups (broad SMARTS) is 1. The number of rotatable bonds is 11. The van der Waals surface area contributed by atoms with E-state index in [1.54, 1.807) is 41.7 Å². The summed E-state index contributed by atoms with van der Waals surface area (Å²) in [7, 11) is 0. The molecule has 1 aromatic carbocycles. The molecule has 0 aliphatic carbocycles. The van der Waals surface area contributed by atoms with E-state index < -0.39 is 11.9 Å². The van der Waals surface area contributed by atoms with Crippen LogP contribution in [-0.2, 0) is 9.59 Å². The van der Waals surface area contributed by atoms with E-state index in [1.807, 2.05) is 30.3 Å². The van der Waals surface area contributed by atoms with E-state index in [-0.39, 0.29) is 19.1 Å². The molecule has 0 saturated carbocycles. The van der Waals surface area contributed by atoms with Crippen molar-refractivity contribution >= 4 is 29.1 Å². The average molecular weight is 462 g/mol. The molecule has 0 bridgehead atoms. The first-order valence-electron chi connectivity index (χ1n) is 11.2. The van der Waals surface area contributed by atoms with Crippen LogP contribution in [0.5, 0.6) is 5.75 Å². The van der Waals surface area contributed by atoms with Gasteiger partial charge >= 0.3 is 5.97 Å². The molecule has 4 rings (SSSR count). The van der Waals surface area contributed by atoms with Gasteiger partial charge in [-0.15, -0.1) is 0 Å². The van der Waals surface area contributed by atoms with Gasteiger partial charge in [-0.05, 0) is 48.7 Å². The zero-order chi connectivity index (χ0) is 23.8. The van der Waals surface area contributed by atoms with E-state index in [0.717, 1.165) is 36.6 Å². The maximum absolute atomic E-state index is 12.5. The predicted octanol–water partition coefficient (Wildman–Crippen LogP) is 3.37. The normalized spacial score (nSPS) is 13.5. The molecule has 1 aliphatic rings. The van der Waals surface area contributed by atoms with Crippen molar-refractivity contribution in [1.29, 1.82) is 0 Å². The van der Waals surface area contributed by atoms with Crippen LogP contribution in [-0.4, -0.2) is 53.2 Å². The van der Waals surface area contributed by atoms with Crippen molar-refractivity contribution in [3.8, 4) is 5.75 Å². The maximum atomic E-state index is 12.5. The molecule has 0 fully saturated rings. The summed E-state index contributed by atoms with van der Waals surface area (Å²) in [5.74, 6) is -0.297. The highest BCUT2D eigenvalue weighted by molar-refractivity contribution is 5.98. The van der Waals surface area contributed by atoms with Gasteiger partial charge in [-0.3, -0.25) is 14.6 Å². The summed E-state index contributed by atoms with van der Waals surface area (Å²) in [6.07, 6.45) is 6.64. The maximum Gasteiger partial charge on any atom is 0.312 e. The van der Waals surface area contributed by atoms with Crippen molar-refractivity contribution in [2.75, 3.05) is 41.8 Å². The molecule has 34 heavy (non-hydrogen) atoms. The van der Waals surface area contributed by atoms with Gasteiger partial charge in [-0.25, -0.2) is 4.98 Å². The number of carbonyl (C=O) groups excluding carboxylic acids is 1. The zero-order valence-electron chi connectivity index (χ0n) is 18.7. The van der Waals surface area contributed by atoms with Crippen LogP contribution in [0.3, 0.4) is 0 Å². The Labute approximate surface area is 197 Å². The Morgan fingerprint density at radius 3 is 2.79 bits per heavy atom. The molecule has 9 nitrogen and oxygen atoms in total. The number of fused-ring (bicyclic) bond motifs is 1. The van der Waals surface area contributed by atoms with Crippen LogP contribution in [0.15, 0.2) is 67.1 Å². The van der Waals surface area contributed by atoms with Gasteiger partial charge in [-0.1, -0.05) is 12.1 Å². The smallest absolute Gasteiger partial charge is 0.312 e. The Bertz CT molecular complexity index is 1110. The SMILES string of the molecule is O=C(O)C(CNc1ccc2c(c1)OCC(=O)N2CCCCNc1ccccn1)c1cccnc1. The molecule has 1 amide bonds. The van der Waals surface area contributed by atoms with Gasteiger partial charge < -0.3 is 25.4 Å². The third kappa shape index (κ3) is 5.80. The van der Waals surface area contributed by atoms with Crippen molar-refractivity contribution in [2.45, 2.75) is 18.8 Å². The van der Waals surface area contributed by atoms with E-state index in [2.05, 4.69) is 20.6 Å². The Kier molecular flexibility index (Phi) is 7.54.